The summed E-state index contributed by atoms with van der Waals surface area (Å²) in [6, 6.07) is 13.3. The van der Waals surface area contributed by atoms with Crippen LogP contribution in [0.15, 0.2) is 48.5 Å². The van der Waals surface area contributed by atoms with Gasteiger partial charge in [-0.05, 0) is 63.8 Å². The second-order valence-electron chi connectivity index (χ2n) is 10.6. The Morgan fingerprint density at radius 1 is 1.06 bits per heavy atom. The van der Waals surface area contributed by atoms with Gasteiger partial charge in [-0.15, -0.1) is 0 Å². The topological polar surface area (TPSA) is 108 Å². The van der Waals surface area contributed by atoms with Crippen LogP contribution in [0.25, 0.3) is 0 Å². The number of likely N-dealkylation sites (tertiary alicyclic amines) is 1. The van der Waals surface area contributed by atoms with Crippen LogP contribution >= 0.6 is 0 Å². The van der Waals surface area contributed by atoms with Crippen molar-refractivity contribution in [3.8, 4) is 0 Å². The van der Waals surface area contributed by atoms with Gasteiger partial charge in [0, 0.05) is 11.4 Å². The molecule has 3 amide bonds. The minimum Gasteiger partial charge on any atom is -0.394 e. The average molecular weight is 492 g/mol. The van der Waals surface area contributed by atoms with Gasteiger partial charge in [-0.25, -0.2) is 0 Å². The number of carbonyl (C=O) groups excluding carboxylic acids is 3. The molecule has 2 aromatic carbocycles. The lowest BCUT2D eigenvalue weighted by molar-refractivity contribution is -0.146. The van der Waals surface area contributed by atoms with E-state index < -0.39 is 35.1 Å². The number of para-hydroxylation sites is 2. The van der Waals surface area contributed by atoms with Gasteiger partial charge < -0.3 is 25.4 Å². The number of amides is 3. The van der Waals surface area contributed by atoms with Crippen molar-refractivity contribution in [1.82, 2.24) is 4.90 Å². The summed E-state index contributed by atoms with van der Waals surface area (Å²) in [6.45, 7) is 7.10. The van der Waals surface area contributed by atoms with Crippen LogP contribution in [0.1, 0.15) is 37.8 Å². The highest BCUT2D eigenvalue weighted by Gasteiger charge is 2.78. The van der Waals surface area contributed by atoms with E-state index in [0.717, 1.165) is 11.1 Å². The maximum Gasteiger partial charge on any atom is 0.250 e. The van der Waals surface area contributed by atoms with Crippen LogP contribution in [-0.2, 0) is 19.1 Å². The number of nitrogens with one attached hydrogen (secondary N) is 2. The number of nitrogens with zero attached hydrogens (tertiary/aromatic N) is 1. The quantitative estimate of drug-likeness (QED) is 0.576. The van der Waals surface area contributed by atoms with Gasteiger partial charge in [-0.2, -0.15) is 0 Å². The highest BCUT2D eigenvalue weighted by atomic mass is 16.5. The Kier molecular flexibility index (Phi) is 5.92. The van der Waals surface area contributed by atoms with Crippen LogP contribution in [0.3, 0.4) is 0 Å². The number of aliphatic hydroxyl groups excluding tert-OH is 1. The second-order valence-corrected chi connectivity index (χ2v) is 10.6. The third-order valence-corrected chi connectivity index (χ3v) is 8.26. The highest BCUT2D eigenvalue weighted by Crippen LogP contribution is 2.63. The van der Waals surface area contributed by atoms with E-state index in [-0.39, 0.29) is 24.3 Å². The first kappa shape index (κ1) is 24.5. The molecular formula is C28H33N3O5. The number of hydrogen-bond acceptors (Lipinski definition) is 5. The first-order valence-corrected chi connectivity index (χ1v) is 12.5. The second kappa shape index (κ2) is 8.71. The lowest BCUT2D eigenvalue weighted by Crippen LogP contribution is -2.56. The summed E-state index contributed by atoms with van der Waals surface area (Å²) in [4.78, 5) is 42.9. The first-order valence-electron chi connectivity index (χ1n) is 12.5. The summed E-state index contributed by atoms with van der Waals surface area (Å²) in [7, 11) is 0. The fourth-order valence-corrected chi connectivity index (χ4v) is 6.57. The summed E-state index contributed by atoms with van der Waals surface area (Å²) >= 11 is 0. The molecule has 0 aliphatic carbocycles. The molecule has 2 bridgehead atoms. The zero-order chi connectivity index (χ0) is 25.8. The predicted molar refractivity (Wildman–Crippen MR) is 135 cm³/mol. The van der Waals surface area contributed by atoms with Crippen LogP contribution < -0.4 is 10.6 Å². The maximum atomic E-state index is 14.0. The molecule has 2 aromatic rings. The van der Waals surface area contributed by atoms with Crippen LogP contribution in [0.2, 0.25) is 0 Å². The van der Waals surface area contributed by atoms with Gasteiger partial charge in [-0.3, -0.25) is 14.4 Å². The molecule has 3 aliphatic rings. The van der Waals surface area contributed by atoms with Gasteiger partial charge in [0.05, 0.1) is 30.1 Å². The molecule has 2 unspecified atom stereocenters. The van der Waals surface area contributed by atoms with Gasteiger partial charge in [0.1, 0.15) is 11.6 Å². The summed E-state index contributed by atoms with van der Waals surface area (Å²) in [5, 5.41) is 16.0. The molecule has 8 nitrogen and oxygen atoms in total. The Hall–Kier alpha value is -3.23. The van der Waals surface area contributed by atoms with Crippen molar-refractivity contribution in [2.75, 3.05) is 17.2 Å². The molecule has 3 N–H and O–H groups in total. The molecule has 190 valence electrons. The SMILES string of the molecule is Cc1cccc(C)c1NC(=O)C1N([C@H](C)CO)C(=O)[C@@H]2[C@H](C(=O)Nc3ccccc3)[C@]3(C)CCC12O3. The molecule has 8 heteroatoms. The summed E-state index contributed by atoms with van der Waals surface area (Å²) in [6.07, 6.45) is 1.03. The number of hydrogen-bond donors (Lipinski definition) is 3. The van der Waals surface area contributed by atoms with Crippen molar-refractivity contribution >= 4 is 29.1 Å². The zero-order valence-corrected chi connectivity index (χ0v) is 21.1. The van der Waals surface area contributed by atoms with Gasteiger partial charge in [0.25, 0.3) is 0 Å². The van der Waals surface area contributed by atoms with E-state index in [1.807, 2.05) is 57.2 Å². The van der Waals surface area contributed by atoms with Crippen LogP contribution in [0.5, 0.6) is 0 Å². The molecule has 5 rings (SSSR count). The smallest absolute Gasteiger partial charge is 0.250 e. The normalized spacial score (nSPS) is 31.3. The van der Waals surface area contributed by atoms with Crippen LogP contribution in [-0.4, -0.2) is 57.6 Å². The molecule has 3 saturated heterocycles. The van der Waals surface area contributed by atoms with Crippen molar-refractivity contribution in [1.29, 1.82) is 0 Å². The molecule has 0 radical (unpaired) electrons. The van der Waals surface area contributed by atoms with Crippen molar-refractivity contribution in [2.45, 2.75) is 63.8 Å². The number of benzene rings is 2. The lowest BCUT2D eigenvalue weighted by atomic mass is 9.66. The van der Waals surface area contributed by atoms with Gasteiger partial charge in [-0.1, -0.05) is 36.4 Å². The largest absolute Gasteiger partial charge is 0.394 e. The minimum atomic E-state index is -1.14. The fourth-order valence-electron chi connectivity index (χ4n) is 6.57. The van der Waals surface area contributed by atoms with Gasteiger partial charge in [0.2, 0.25) is 17.7 Å². The van der Waals surface area contributed by atoms with E-state index in [9.17, 15) is 19.5 Å². The number of aryl methyl sites for hydroxylation is 2. The number of aliphatic hydroxyl groups is 1. The number of fused-ring (bicyclic) bond motifs is 1. The predicted octanol–water partition coefficient (Wildman–Crippen LogP) is 3.03. The molecule has 3 heterocycles. The molecule has 3 aliphatic heterocycles. The van der Waals surface area contributed by atoms with E-state index in [4.69, 9.17) is 4.74 Å². The number of carbonyl (C=O) groups is 3. The monoisotopic (exact) mass is 491 g/mol. The third-order valence-electron chi connectivity index (χ3n) is 8.26. The van der Waals surface area contributed by atoms with Crippen molar-refractivity contribution in [2.24, 2.45) is 11.8 Å². The first-order chi connectivity index (χ1) is 17.1. The van der Waals surface area contributed by atoms with Crippen LogP contribution in [0.4, 0.5) is 11.4 Å². The van der Waals surface area contributed by atoms with Gasteiger partial charge in [0.15, 0.2) is 0 Å². The molecular weight excluding hydrogens is 458 g/mol. The number of anilines is 2. The fraction of sp³-hybridized carbons (Fsp3) is 0.464. The number of rotatable bonds is 6. The standard InChI is InChI=1S/C28H33N3O5/c1-16-9-8-10-17(2)22(16)30-25(34)23-28-14-13-27(4,36-28)20(21(28)26(35)31(23)18(3)15-32)24(33)29-19-11-6-5-7-12-19/h5-12,18,20-21,23,32H,13-15H2,1-4H3,(H,29,33)(H,30,34)/t18-,20-,21+,23?,27+,28?/m1/s1. The summed E-state index contributed by atoms with van der Waals surface area (Å²) in [5.41, 5.74) is 1.14. The Morgan fingerprint density at radius 3 is 2.36 bits per heavy atom. The molecule has 1 spiro atoms. The molecule has 6 atom stereocenters. The van der Waals surface area contributed by atoms with Crippen molar-refractivity contribution in [3.63, 3.8) is 0 Å². The van der Waals surface area contributed by atoms with E-state index in [1.165, 1.54) is 4.90 Å². The molecule has 0 aromatic heterocycles. The third kappa shape index (κ3) is 3.54. The van der Waals surface area contributed by atoms with Crippen LogP contribution in [0, 0.1) is 25.7 Å². The molecule has 3 fully saturated rings. The summed E-state index contributed by atoms with van der Waals surface area (Å²) in [5.74, 6) is -2.56. The van der Waals surface area contributed by atoms with Gasteiger partial charge >= 0.3 is 0 Å². The van der Waals surface area contributed by atoms with Crippen molar-refractivity contribution in [3.05, 3.63) is 59.7 Å². The van der Waals surface area contributed by atoms with E-state index in [0.29, 0.717) is 24.2 Å². The molecule has 36 heavy (non-hydrogen) atoms. The Morgan fingerprint density at radius 2 is 1.72 bits per heavy atom. The number of ether oxygens (including phenoxy) is 1. The highest BCUT2D eigenvalue weighted by molar-refractivity contribution is 6.05. The van der Waals surface area contributed by atoms with E-state index in [2.05, 4.69) is 10.6 Å². The summed E-state index contributed by atoms with van der Waals surface area (Å²) < 4.78 is 6.60. The average Bonchev–Trinajstić information content (AvgIpc) is 3.42. The van der Waals surface area contributed by atoms with E-state index >= 15 is 0 Å². The lowest BCUT2D eigenvalue weighted by Gasteiger charge is -2.36. The Balaban J connectivity index is 1.54. The van der Waals surface area contributed by atoms with E-state index in [1.54, 1.807) is 19.1 Å². The zero-order valence-electron chi connectivity index (χ0n) is 21.1. The Labute approximate surface area is 211 Å². The minimum absolute atomic E-state index is 0.295. The maximum absolute atomic E-state index is 14.0. The molecule has 0 saturated carbocycles. The van der Waals surface area contributed by atoms with Crippen molar-refractivity contribution < 1.29 is 24.2 Å². The Bertz CT molecular complexity index is 1200.